The Bertz CT molecular complexity index is 661. The maximum atomic E-state index is 11.1. The van der Waals surface area contributed by atoms with Crippen molar-refractivity contribution in [3.8, 4) is 0 Å². The zero-order valence-corrected chi connectivity index (χ0v) is 18.2. The molecule has 0 amide bonds. The number of nitrogens with one attached hydrogen (secondary N) is 2. The molecular weight excluding hydrogens is 392 g/mol. The Balaban J connectivity index is 2.94. The number of Topliss-reactive ketones (excluding diaryl/α,β-unsaturated/α-hetero) is 2. The number of thioether (sulfide) groups is 2. The lowest BCUT2D eigenvalue weighted by Gasteiger charge is -2.18. The van der Waals surface area contributed by atoms with E-state index in [9.17, 15) is 9.59 Å². The van der Waals surface area contributed by atoms with E-state index in [1.165, 1.54) is 23.5 Å². The first-order valence-corrected chi connectivity index (χ1v) is 10.4. The summed E-state index contributed by atoms with van der Waals surface area (Å²) in [7, 11) is 0. The van der Waals surface area contributed by atoms with Gasteiger partial charge in [0.2, 0.25) is 0 Å². The van der Waals surface area contributed by atoms with Gasteiger partial charge in [0.25, 0.3) is 0 Å². The molecule has 0 heterocycles. The summed E-state index contributed by atoms with van der Waals surface area (Å²) in [6.07, 6.45) is 0. The highest BCUT2D eigenvalue weighted by Gasteiger charge is 2.12. The monoisotopic (exact) mass is 414 g/mol. The molecule has 4 nitrogen and oxygen atoms in total. The van der Waals surface area contributed by atoms with Gasteiger partial charge in [-0.1, -0.05) is 48.0 Å². The Morgan fingerprint density at radius 1 is 0.840 bits per heavy atom. The lowest BCUT2D eigenvalue weighted by molar-refractivity contribution is -0.115. The van der Waals surface area contributed by atoms with Gasteiger partial charge in [0.1, 0.15) is 20.2 Å². The summed E-state index contributed by atoms with van der Waals surface area (Å²) in [5, 5.41) is 6.39. The van der Waals surface area contributed by atoms with E-state index in [0.717, 1.165) is 28.1 Å². The van der Waals surface area contributed by atoms with Gasteiger partial charge in [-0.25, -0.2) is 0 Å². The number of anilines is 2. The second-order valence-electron chi connectivity index (χ2n) is 5.65. The Morgan fingerprint density at radius 2 is 1.20 bits per heavy atom. The lowest BCUT2D eigenvalue weighted by Crippen LogP contribution is -2.13. The Morgan fingerprint density at radius 3 is 1.52 bits per heavy atom. The van der Waals surface area contributed by atoms with Crippen molar-refractivity contribution in [2.75, 3.05) is 22.1 Å². The number of rotatable bonds is 6. The molecule has 0 bridgehead atoms. The van der Waals surface area contributed by atoms with Gasteiger partial charge in [-0.2, -0.15) is 0 Å². The fourth-order valence-electron chi connectivity index (χ4n) is 1.93. The summed E-state index contributed by atoms with van der Waals surface area (Å²) in [6.45, 7) is 9.17. The van der Waals surface area contributed by atoms with Gasteiger partial charge < -0.3 is 10.6 Å². The molecule has 0 fully saturated rings. The van der Waals surface area contributed by atoms with E-state index < -0.39 is 0 Å². The molecule has 0 atom stereocenters. The van der Waals surface area contributed by atoms with Crippen LogP contribution >= 0.6 is 48.0 Å². The zero-order chi connectivity index (χ0) is 19.1. The van der Waals surface area contributed by atoms with Crippen LogP contribution in [0.15, 0.2) is 6.07 Å². The maximum Gasteiger partial charge on any atom is 0.140 e. The van der Waals surface area contributed by atoms with Crippen LogP contribution in [-0.2, 0) is 9.59 Å². The molecule has 2 N–H and O–H groups in total. The second kappa shape index (κ2) is 10.3. The van der Waals surface area contributed by atoms with Crippen molar-refractivity contribution in [1.29, 1.82) is 0 Å². The van der Waals surface area contributed by atoms with Crippen LogP contribution in [0.4, 0.5) is 11.4 Å². The minimum Gasteiger partial charge on any atom is -0.341 e. The first-order valence-electron chi connectivity index (χ1n) is 7.59. The predicted octanol–water partition coefficient (Wildman–Crippen LogP) is 4.65. The first kappa shape index (κ1) is 22.1. The van der Waals surface area contributed by atoms with Crippen molar-refractivity contribution in [1.82, 2.24) is 0 Å². The van der Waals surface area contributed by atoms with E-state index >= 15 is 0 Å². The van der Waals surface area contributed by atoms with Crippen LogP contribution in [0.25, 0.3) is 0 Å². The zero-order valence-electron chi connectivity index (χ0n) is 14.9. The molecule has 25 heavy (non-hydrogen) atoms. The average Bonchev–Trinajstić information content (AvgIpc) is 2.53. The van der Waals surface area contributed by atoms with Crippen LogP contribution < -0.4 is 10.6 Å². The van der Waals surface area contributed by atoms with Crippen LogP contribution in [0.3, 0.4) is 0 Å². The van der Waals surface area contributed by atoms with Crippen LogP contribution in [0.2, 0.25) is 0 Å². The quantitative estimate of drug-likeness (QED) is 0.653. The van der Waals surface area contributed by atoms with E-state index in [1.807, 2.05) is 26.8 Å². The number of carbonyl (C=O) groups excluding carboxylic acids is 2. The van der Waals surface area contributed by atoms with Crippen molar-refractivity contribution >= 4 is 79.5 Å². The lowest BCUT2D eigenvalue weighted by atomic mass is 10.0. The molecule has 0 saturated heterocycles. The number of hydrogen-bond acceptors (Lipinski definition) is 6. The third-order valence-corrected chi connectivity index (χ3v) is 6.25. The second-order valence-corrected chi connectivity index (χ2v) is 8.96. The number of ketones is 2. The molecule has 8 heteroatoms. The van der Waals surface area contributed by atoms with E-state index in [1.54, 1.807) is 13.8 Å². The summed E-state index contributed by atoms with van der Waals surface area (Å²) >= 11 is 13.2. The van der Waals surface area contributed by atoms with Crippen molar-refractivity contribution < 1.29 is 9.59 Å². The first-order chi connectivity index (χ1) is 11.6. The van der Waals surface area contributed by atoms with E-state index in [0.29, 0.717) is 20.1 Å². The molecule has 0 aliphatic heterocycles. The largest absolute Gasteiger partial charge is 0.341 e. The summed E-state index contributed by atoms with van der Waals surface area (Å²) < 4.78 is 1.11. The Labute approximate surface area is 168 Å². The standard InChI is InChI=1S/C17H22N2O2S4/c1-9(20)7-24-16(22)18-14-6-15(13(5)11(3)12(14)4)19-17(23)25-8-10(2)21/h6H,7-8H2,1-5H3,(H,18,22)(H,19,23). The van der Waals surface area contributed by atoms with Crippen molar-refractivity contribution in [2.24, 2.45) is 0 Å². The highest BCUT2D eigenvalue weighted by molar-refractivity contribution is 8.24. The van der Waals surface area contributed by atoms with Crippen LogP contribution in [0.5, 0.6) is 0 Å². The van der Waals surface area contributed by atoms with E-state index in [4.69, 9.17) is 24.4 Å². The average molecular weight is 415 g/mol. The van der Waals surface area contributed by atoms with Crippen molar-refractivity contribution in [3.63, 3.8) is 0 Å². The molecule has 0 aliphatic carbocycles. The van der Waals surface area contributed by atoms with Gasteiger partial charge in [0, 0.05) is 11.4 Å². The number of carbonyl (C=O) groups is 2. The summed E-state index contributed by atoms with van der Waals surface area (Å²) in [6, 6.07) is 1.96. The molecule has 1 aromatic carbocycles. The fraction of sp³-hybridized carbons (Fsp3) is 0.412. The third-order valence-electron chi connectivity index (χ3n) is 3.51. The molecule has 0 radical (unpaired) electrons. The van der Waals surface area contributed by atoms with Crippen molar-refractivity contribution in [2.45, 2.75) is 34.6 Å². The summed E-state index contributed by atoms with van der Waals surface area (Å²) in [5.41, 5.74) is 5.08. The number of hydrogen-bond donors (Lipinski definition) is 2. The third kappa shape index (κ3) is 7.43. The molecule has 1 rings (SSSR count). The van der Waals surface area contributed by atoms with Gasteiger partial charge in [-0.15, -0.1) is 0 Å². The molecule has 0 unspecified atom stereocenters. The Kier molecular flexibility index (Phi) is 9.06. The minimum atomic E-state index is 0.0844. The highest BCUT2D eigenvalue weighted by Crippen LogP contribution is 2.30. The van der Waals surface area contributed by atoms with E-state index in [2.05, 4.69) is 10.6 Å². The SMILES string of the molecule is CC(=O)CSC(=S)Nc1cc(NC(=S)SCC(C)=O)c(C)c(C)c1C. The van der Waals surface area contributed by atoms with Gasteiger partial charge in [0.05, 0.1) is 11.5 Å². The Hall–Kier alpha value is -0.960. The van der Waals surface area contributed by atoms with Crippen molar-refractivity contribution in [3.05, 3.63) is 22.8 Å². The van der Waals surface area contributed by atoms with Crippen LogP contribution in [0.1, 0.15) is 30.5 Å². The summed E-state index contributed by atoms with van der Waals surface area (Å²) in [5.74, 6) is 0.876. The van der Waals surface area contributed by atoms with Gasteiger partial charge in [-0.05, 0) is 57.4 Å². The van der Waals surface area contributed by atoms with E-state index in [-0.39, 0.29) is 11.6 Å². The molecule has 1 aromatic rings. The molecule has 136 valence electrons. The van der Waals surface area contributed by atoms with Crippen LogP contribution in [0, 0.1) is 20.8 Å². The number of thiocarbonyl (C=S) groups is 2. The highest BCUT2D eigenvalue weighted by atomic mass is 32.2. The summed E-state index contributed by atoms with van der Waals surface area (Å²) in [4.78, 5) is 22.2. The normalized spacial score (nSPS) is 10.3. The molecule has 0 aromatic heterocycles. The van der Waals surface area contributed by atoms with Gasteiger partial charge in [0.15, 0.2) is 0 Å². The minimum absolute atomic E-state index is 0.0844. The maximum absolute atomic E-state index is 11.1. The molecule has 0 aliphatic rings. The van der Waals surface area contributed by atoms with Gasteiger partial charge >= 0.3 is 0 Å². The smallest absolute Gasteiger partial charge is 0.140 e. The van der Waals surface area contributed by atoms with Gasteiger partial charge in [-0.3, -0.25) is 9.59 Å². The fourth-order valence-corrected chi connectivity index (χ4v) is 3.54. The molecule has 0 saturated carbocycles. The number of benzene rings is 1. The molecule has 0 spiro atoms. The van der Waals surface area contributed by atoms with Crippen LogP contribution in [-0.4, -0.2) is 31.7 Å². The predicted molar refractivity (Wildman–Crippen MR) is 119 cm³/mol. The molecular formula is C17H22N2O2S4. The topological polar surface area (TPSA) is 58.2 Å².